The largest absolute Gasteiger partial charge is 0.379 e. The minimum atomic E-state index is 0.237. The van der Waals surface area contributed by atoms with Gasteiger partial charge >= 0.3 is 0 Å². The van der Waals surface area contributed by atoms with Gasteiger partial charge in [-0.2, -0.15) is 0 Å². The van der Waals surface area contributed by atoms with E-state index in [1.807, 2.05) is 5.51 Å². The summed E-state index contributed by atoms with van der Waals surface area (Å²) in [7, 11) is 0. The second-order valence-corrected chi connectivity index (χ2v) is 6.08. The first kappa shape index (κ1) is 14.5. The molecule has 1 atom stereocenters. The standard InChI is InChI=1S/C16H21N3OS/c1-13(16-11-21-12-17-16)18-15-4-2-14(3-5-15)10-19-6-8-20-9-7-19/h2-5,11-13,18H,6-10H2,1H3. The molecular weight excluding hydrogens is 282 g/mol. The fraction of sp³-hybridized carbons (Fsp3) is 0.438. The zero-order valence-electron chi connectivity index (χ0n) is 12.3. The highest BCUT2D eigenvalue weighted by Gasteiger charge is 2.11. The molecule has 1 unspecified atom stereocenters. The lowest BCUT2D eigenvalue weighted by atomic mass is 10.1. The van der Waals surface area contributed by atoms with Gasteiger partial charge in [-0.25, -0.2) is 4.98 Å². The number of anilines is 1. The van der Waals surface area contributed by atoms with Gasteiger partial charge in [-0.15, -0.1) is 11.3 Å². The average Bonchev–Trinajstić information content (AvgIpc) is 3.05. The van der Waals surface area contributed by atoms with Crippen LogP contribution in [0.25, 0.3) is 0 Å². The van der Waals surface area contributed by atoms with E-state index in [1.165, 1.54) is 5.56 Å². The van der Waals surface area contributed by atoms with Crippen molar-refractivity contribution in [2.75, 3.05) is 31.6 Å². The molecule has 1 aromatic heterocycles. The predicted molar refractivity (Wildman–Crippen MR) is 86.7 cm³/mol. The van der Waals surface area contributed by atoms with E-state index in [1.54, 1.807) is 11.3 Å². The summed E-state index contributed by atoms with van der Waals surface area (Å²) in [6.45, 7) is 6.90. The molecule has 0 aliphatic carbocycles. The molecule has 2 aromatic rings. The molecule has 0 radical (unpaired) electrons. The first-order chi connectivity index (χ1) is 10.3. The van der Waals surface area contributed by atoms with Crippen LogP contribution in [0.15, 0.2) is 35.2 Å². The van der Waals surface area contributed by atoms with Crippen LogP contribution in [0.5, 0.6) is 0 Å². The number of hydrogen-bond acceptors (Lipinski definition) is 5. The zero-order valence-corrected chi connectivity index (χ0v) is 13.1. The molecular formula is C16H21N3OS. The maximum absolute atomic E-state index is 5.38. The maximum Gasteiger partial charge on any atom is 0.0795 e. The van der Waals surface area contributed by atoms with Crippen LogP contribution in [0, 0.1) is 0 Å². The molecule has 0 saturated carbocycles. The lowest BCUT2D eigenvalue weighted by molar-refractivity contribution is 0.0342. The average molecular weight is 303 g/mol. The Labute approximate surface area is 129 Å². The van der Waals surface area contributed by atoms with Gasteiger partial charge in [-0.05, 0) is 24.6 Å². The molecule has 0 spiro atoms. The molecule has 1 saturated heterocycles. The molecule has 1 aliphatic heterocycles. The minimum absolute atomic E-state index is 0.237. The van der Waals surface area contributed by atoms with Gasteiger partial charge in [-0.1, -0.05) is 12.1 Å². The van der Waals surface area contributed by atoms with Crippen molar-refractivity contribution in [3.63, 3.8) is 0 Å². The highest BCUT2D eigenvalue weighted by atomic mass is 32.1. The van der Waals surface area contributed by atoms with E-state index in [0.29, 0.717) is 0 Å². The lowest BCUT2D eigenvalue weighted by Crippen LogP contribution is -2.35. The van der Waals surface area contributed by atoms with Crippen molar-refractivity contribution in [3.05, 3.63) is 46.4 Å². The Morgan fingerprint density at radius 1 is 1.29 bits per heavy atom. The number of thiazole rings is 1. The zero-order chi connectivity index (χ0) is 14.5. The summed E-state index contributed by atoms with van der Waals surface area (Å²) in [5, 5.41) is 5.57. The summed E-state index contributed by atoms with van der Waals surface area (Å²) < 4.78 is 5.38. The Bertz CT molecular complexity index is 535. The van der Waals surface area contributed by atoms with Crippen LogP contribution < -0.4 is 5.32 Å². The monoisotopic (exact) mass is 303 g/mol. The summed E-state index contributed by atoms with van der Waals surface area (Å²) in [5.41, 5.74) is 5.46. The number of nitrogens with zero attached hydrogens (tertiary/aromatic N) is 2. The first-order valence-electron chi connectivity index (χ1n) is 7.35. The Balaban J connectivity index is 1.56. The van der Waals surface area contributed by atoms with Gasteiger partial charge in [0.1, 0.15) is 0 Å². The van der Waals surface area contributed by atoms with Gasteiger partial charge < -0.3 is 10.1 Å². The topological polar surface area (TPSA) is 37.4 Å². The van der Waals surface area contributed by atoms with Gasteiger partial charge in [-0.3, -0.25) is 4.90 Å². The third-order valence-corrected chi connectivity index (χ3v) is 4.35. The van der Waals surface area contributed by atoms with Crippen LogP contribution in [-0.4, -0.2) is 36.2 Å². The molecule has 1 N–H and O–H groups in total. The highest BCUT2D eigenvalue weighted by Crippen LogP contribution is 2.20. The van der Waals surface area contributed by atoms with Crippen molar-refractivity contribution in [1.82, 2.24) is 9.88 Å². The van der Waals surface area contributed by atoms with Crippen LogP contribution >= 0.6 is 11.3 Å². The van der Waals surface area contributed by atoms with Crippen LogP contribution in [0.3, 0.4) is 0 Å². The predicted octanol–water partition coefficient (Wildman–Crippen LogP) is 3.15. The smallest absolute Gasteiger partial charge is 0.0795 e. The molecule has 1 fully saturated rings. The van der Waals surface area contributed by atoms with E-state index in [9.17, 15) is 0 Å². The van der Waals surface area contributed by atoms with Gasteiger partial charge in [0.25, 0.3) is 0 Å². The van der Waals surface area contributed by atoms with Gasteiger partial charge in [0.2, 0.25) is 0 Å². The second-order valence-electron chi connectivity index (χ2n) is 5.36. The van der Waals surface area contributed by atoms with E-state index in [4.69, 9.17) is 4.74 Å². The summed E-state index contributed by atoms with van der Waals surface area (Å²) in [6, 6.07) is 8.94. The molecule has 21 heavy (non-hydrogen) atoms. The van der Waals surface area contributed by atoms with Crippen molar-refractivity contribution in [2.24, 2.45) is 0 Å². The number of hydrogen-bond donors (Lipinski definition) is 1. The van der Waals surface area contributed by atoms with Gasteiger partial charge in [0.05, 0.1) is 30.5 Å². The quantitative estimate of drug-likeness (QED) is 0.921. The molecule has 0 amide bonds. The Morgan fingerprint density at radius 3 is 2.71 bits per heavy atom. The molecule has 1 aromatic carbocycles. The fourth-order valence-electron chi connectivity index (χ4n) is 2.48. The number of morpholine rings is 1. The number of rotatable bonds is 5. The summed E-state index contributed by atoms with van der Waals surface area (Å²) in [4.78, 5) is 6.78. The van der Waals surface area contributed by atoms with Crippen LogP contribution in [0.4, 0.5) is 5.69 Å². The number of aromatic nitrogens is 1. The van der Waals surface area contributed by atoms with Crippen molar-refractivity contribution in [1.29, 1.82) is 0 Å². The minimum Gasteiger partial charge on any atom is -0.379 e. The van der Waals surface area contributed by atoms with Crippen molar-refractivity contribution in [3.8, 4) is 0 Å². The fourth-order valence-corrected chi connectivity index (χ4v) is 3.13. The highest BCUT2D eigenvalue weighted by molar-refractivity contribution is 7.07. The molecule has 0 bridgehead atoms. The van der Waals surface area contributed by atoms with Gasteiger partial charge in [0.15, 0.2) is 0 Å². The summed E-state index contributed by atoms with van der Waals surface area (Å²) >= 11 is 1.63. The van der Waals surface area contributed by atoms with Crippen molar-refractivity contribution >= 4 is 17.0 Å². The molecule has 2 heterocycles. The van der Waals surface area contributed by atoms with E-state index in [-0.39, 0.29) is 6.04 Å². The molecule has 3 rings (SSSR count). The molecule has 1 aliphatic rings. The van der Waals surface area contributed by atoms with E-state index >= 15 is 0 Å². The van der Waals surface area contributed by atoms with Crippen molar-refractivity contribution in [2.45, 2.75) is 19.5 Å². The Hall–Kier alpha value is -1.43. The SMILES string of the molecule is CC(Nc1ccc(CN2CCOCC2)cc1)c1cscn1. The lowest BCUT2D eigenvalue weighted by Gasteiger charge is -2.26. The van der Waals surface area contributed by atoms with Crippen LogP contribution in [-0.2, 0) is 11.3 Å². The first-order valence-corrected chi connectivity index (χ1v) is 8.29. The van der Waals surface area contributed by atoms with Crippen molar-refractivity contribution < 1.29 is 4.74 Å². The Kier molecular flexibility index (Phi) is 4.85. The van der Waals surface area contributed by atoms with E-state index in [0.717, 1.165) is 44.2 Å². The van der Waals surface area contributed by atoms with E-state index < -0.39 is 0 Å². The van der Waals surface area contributed by atoms with Crippen LogP contribution in [0.1, 0.15) is 24.2 Å². The second kappa shape index (κ2) is 7.02. The number of nitrogens with one attached hydrogen (secondary N) is 1. The summed E-state index contributed by atoms with van der Waals surface area (Å²) in [5.74, 6) is 0. The summed E-state index contributed by atoms with van der Waals surface area (Å²) in [6.07, 6.45) is 0. The third-order valence-electron chi connectivity index (χ3n) is 3.74. The van der Waals surface area contributed by atoms with Crippen LogP contribution in [0.2, 0.25) is 0 Å². The number of ether oxygens (including phenoxy) is 1. The number of benzene rings is 1. The maximum atomic E-state index is 5.38. The van der Waals surface area contributed by atoms with Gasteiger partial charge in [0, 0.05) is 30.7 Å². The third kappa shape index (κ3) is 4.03. The normalized spacial score (nSPS) is 17.6. The molecule has 112 valence electrons. The molecule has 5 heteroatoms. The Morgan fingerprint density at radius 2 is 2.05 bits per heavy atom. The van der Waals surface area contributed by atoms with E-state index in [2.05, 4.69) is 51.8 Å². The molecule has 4 nitrogen and oxygen atoms in total.